The number of benzene rings is 1. The SMILES string of the molecule is NCCc1ccn(Cc2ccc([N+](=O)[O-])c(F)c2)c1. The maximum atomic E-state index is 13.5. The molecule has 0 aliphatic rings. The van der Waals surface area contributed by atoms with Crippen LogP contribution in [0.25, 0.3) is 0 Å². The molecule has 0 amide bonds. The number of rotatable bonds is 5. The van der Waals surface area contributed by atoms with Gasteiger partial charge < -0.3 is 10.3 Å². The van der Waals surface area contributed by atoms with Crippen molar-refractivity contribution in [2.24, 2.45) is 5.73 Å². The normalized spacial score (nSPS) is 10.6. The smallest absolute Gasteiger partial charge is 0.304 e. The van der Waals surface area contributed by atoms with Crippen LogP contribution in [0.15, 0.2) is 36.7 Å². The van der Waals surface area contributed by atoms with Gasteiger partial charge in [0.05, 0.1) is 4.92 Å². The minimum absolute atomic E-state index is 0.472. The summed E-state index contributed by atoms with van der Waals surface area (Å²) in [6.07, 6.45) is 4.61. The van der Waals surface area contributed by atoms with Crippen molar-refractivity contribution in [2.75, 3.05) is 6.54 Å². The number of hydrogen-bond acceptors (Lipinski definition) is 3. The lowest BCUT2D eigenvalue weighted by molar-refractivity contribution is -0.387. The molecule has 100 valence electrons. The van der Waals surface area contributed by atoms with Crippen molar-refractivity contribution >= 4 is 5.69 Å². The third kappa shape index (κ3) is 3.17. The Hall–Kier alpha value is -2.21. The standard InChI is InChI=1S/C13H14FN3O2/c14-12-7-11(1-2-13(12)17(18)19)9-16-6-4-10(8-16)3-5-15/h1-2,4,6-8H,3,5,9,15H2. The van der Waals surface area contributed by atoms with Gasteiger partial charge in [-0.1, -0.05) is 6.07 Å². The Balaban J connectivity index is 2.14. The molecule has 6 heteroatoms. The fourth-order valence-corrected chi connectivity index (χ4v) is 1.91. The Morgan fingerprint density at radius 1 is 1.32 bits per heavy atom. The molecule has 0 radical (unpaired) electrons. The van der Waals surface area contributed by atoms with E-state index >= 15 is 0 Å². The monoisotopic (exact) mass is 263 g/mol. The lowest BCUT2D eigenvalue weighted by atomic mass is 10.2. The molecule has 0 aliphatic heterocycles. The molecule has 2 N–H and O–H groups in total. The topological polar surface area (TPSA) is 74.1 Å². The summed E-state index contributed by atoms with van der Waals surface area (Å²) in [5, 5.41) is 10.5. The van der Waals surface area contributed by atoms with Crippen molar-refractivity contribution in [2.45, 2.75) is 13.0 Å². The van der Waals surface area contributed by atoms with E-state index in [2.05, 4.69) is 0 Å². The van der Waals surface area contributed by atoms with Gasteiger partial charge in [-0.05, 0) is 36.2 Å². The molecule has 0 saturated heterocycles. The van der Waals surface area contributed by atoms with Crippen LogP contribution in [0.2, 0.25) is 0 Å². The van der Waals surface area contributed by atoms with Gasteiger partial charge in [-0.25, -0.2) is 0 Å². The number of nitrogens with zero attached hydrogens (tertiary/aromatic N) is 2. The van der Waals surface area contributed by atoms with Crippen molar-refractivity contribution in [1.82, 2.24) is 4.57 Å². The van der Waals surface area contributed by atoms with Crippen LogP contribution in [0.1, 0.15) is 11.1 Å². The first kappa shape index (κ1) is 13.2. The van der Waals surface area contributed by atoms with Crippen LogP contribution in [0, 0.1) is 15.9 Å². The zero-order chi connectivity index (χ0) is 13.8. The lowest BCUT2D eigenvalue weighted by Crippen LogP contribution is -2.02. The van der Waals surface area contributed by atoms with Crippen molar-refractivity contribution in [3.63, 3.8) is 0 Å². The minimum atomic E-state index is -0.808. The van der Waals surface area contributed by atoms with E-state index in [-0.39, 0.29) is 0 Å². The molecule has 1 heterocycles. The van der Waals surface area contributed by atoms with Crippen molar-refractivity contribution < 1.29 is 9.31 Å². The highest BCUT2D eigenvalue weighted by Gasteiger charge is 2.13. The number of hydrogen-bond donors (Lipinski definition) is 1. The summed E-state index contributed by atoms with van der Waals surface area (Å²) >= 11 is 0. The number of halogens is 1. The molecule has 1 aromatic heterocycles. The fourth-order valence-electron chi connectivity index (χ4n) is 1.91. The Kier molecular flexibility index (Phi) is 3.91. The minimum Gasteiger partial charge on any atom is -0.350 e. The highest BCUT2D eigenvalue weighted by molar-refractivity contribution is 5.35. The van der Waals surface area contributed by atoms with Gasteiger partial charge in [0.1, 0.15) is 0 Å². The predicted octanol–water partition coefficient (Wildman–Crippen LogP) is 2.08. The second kappa shape index (κ2) is 5.62. The van der Waals surface area contributed by atoms with Gasteiger partial charge in [0.25, 0.3) is 0 Å². The summed E-state index contributed by atoms with van der Waals surface area (Å²) in [4.78, 5) is 9.79. The summed E-state index contributed by atoms with van der Waals surface area (Å²) in [6, 6.07) is 5.90. The summed E-state index contributed by atoms with van der Waals surface area (Å²) in [6.45, 7) is 1.05. The average molecular weight is 263 g/mol. The van der Waals surface area contributed by atoms with E-state index in [0.717, 1.165) is 12.0 Å². The molecule has 0 unspecified atom stereocenters. The van der Waals surface area contributed by atoms with Crippen LogP contribution in [0.4, 0.5) is 10.1 Å². The van der Waals surface area contributed by atoms with Gasteiger partial charge in [-0.2, -0.15) is 4.39 Å². The van der Waals surface area contributed by atoms with Gasteiger partial charge in [-0.3, -0.25) is 10.1 Å². The Bertz CT molecular complexity index is 595. The first-order valence-corrected chi connectivity index (χ1v) is 5.87. The van der Waals surface area contributed by atoms with Crippen LogP contribution >= 0.6 is 0 Å². The zero-order valence-corrected chi connectivity index (χ0v) is 10.3. The quantitative estimate of drug-likeness (QED) is 0.663. The van der Waals surface area contributed by atoms with Gasteiger partial charge in [-0.15, -0.1) is 0 Å². The number of nitro benzene ring substituents is 1. The van der Waals surface area contributed by atoms with E-state index in [0.29, 0.717) is 18.7 Å². The summed E-state index contributed by atoms with van der Waals surface area (Å²) in [5.74, 6) is -0.808. The van der Waals surface area contributed by atoms with E-state index in [1.54, 1.807) is 6.07 Å². The maximum absolute atomic E-state index is 13.5. The molecular formula is C13H14FN3O2. The van der Waals surface area contributed by atoms with E-state index < -0.39 is 16.4 Å². The van der Waals surface area contributed by atoms with E-state index in [9.17, 15) is 14.5 Å². The Labute approximate surface area is 109 Å². The summed E-state index contributed by atoms with van der Waals surface area (Å²) in [5.41, 5.74) is 6.76. The first-order valence-electron chi connectivity index (χ1n) is 5.87. The van der Waals surface area contributed by atoms with Gasteiger partial charge >= 0.3 is 5.69 Å². The molecule has 5 nitrogen and oxygen atoms in total. The van der Waals surface area contributed by atoms with Crippen LogP contribution in [0.3, 0.4) is 0 Å². The molecule has 0 fully saturated rings. The van der Waals surface area contributed by atoms with E-state index in [1.807, 2.05) is 23.0 Å². The molecule has 2 aromatic rings. The molecular weight excluding hydrogens is 249 g/mol. The van der Waals surface area contributed by atoms with Crippen molar-refractivity contribution in [1.29, 1.82) is 0 Å². The average Bonchev–Trinajstić information content (AvgIpc) is 2.76. The largest absolute Gasteiger partial charge is 0.350 e. The molecule has 2 rings (SSSR count). The zero-order valence-electron chi connectivity index (χ0n) is 10.3. The fraction of sp³-hybridized carbons (Fsp3) is 0.231. The second-order valence-corrected chi connectivity index (χ2v) is 4.27. The van der Waals surface area contributed by atoms with Crippen LogP contribution in [-0.2, 0) is 13.0 Å². The first-order chi connectivity index (χ1) is 9.10. The van der Waals surface area contributed by atoms with Crippen LogP contribution in [0.5, 0.6) is 0 Å². The predicted molar refractivity (Wildman–Crippen MR) is 69.3 cm³/mol. The molecule has 1 aromatic carbocycles. The van der Waals surface area contributed by atoms with Gasteiger partial charge in [0.2, 0.25) is 5.82 Å². The number of aromatic nitrogens is 1. The van der Waals surface area contributed by atoms with Crippen LogP contribution in [-0.4, -0.2) is 16.0 Å². The lowest BCUT2D eigenvalue weighted by Gasteiger charge is -2.03. The third-order valence-electron chi connectivity index (χ3n) is 2.82. The Morgan fingerprint density at radius 2 is 2.11 bits per heavy atom. The van der Waals surface area contributed by atoms with Crippen molar-refractivity contribution in [3.05, 3.63) is 63.7 Å². The maximum Gasteiger partial charge on any atom is 0.304 e. The highest BCUT2D eigenvalue weighted by Crippen LogP contribution is 2.18. The third-order valence-corrected chi connectivity index (χ3v) is 2.82. The molecule has 0 spiro atoms. The molecule has 0 bridgehead atoms. The molecule has 0 saturated carbocycles. The second-order valence-electron chi connectivity index (χ2n) is 4.27. The van der Waals surface area contributed by atoms with Crippen LogP contribution < -0.4 is 5.73 Å². The molecule has 0 aliphatic carbocycles. The summed E-state index contributed by atoms with van der Waals surface area (Å²) < 4.78 is 15.4. The number of nitro groups is 1. The van der Waals surface area contributed by atoms with E-state index in [1.165, 1.54) is 12.1 Å². The number of nitrogens with two attached hydrogens (primary N) is 1. The van der Waals surface area contributed by atoms with Gasteiger partial charge in [0, 0.05) is 25.0 Å². The molecule has 19 heavy (non-hydrogen) atoms. The summed E-state index contributed by atoms with van der Waals surface area (Å²) in [7, 11) is 0. The van der Waals surface area contributed by atoms with Gasteiger partial charge in [0.15, 0.2) is 0 Å². The highest BCUT2D eigenvalue weighted by atomic mass is 19.1. The van der Waals surface area contributed by atoms with Crippen molar-refractivity contribution in [3.8, 4) is 0 Å². The van der Waals surface area contributed by atoms with E-state index in [4.69, 9.17) is 5.73 Å². The molecule has 0 atom stereocenters. The Morgan fingerprint density at radius 3 is 2.74 bits per heavy atom.